The lowest BCUT2D eigenvalue weighted by molar-refractivity contribution is -0.138. The van der Waals surface area contributed by atoms with Crippen molar-refractivity contribution < 1.29 is 19.1 Å². The lowest BCUT2D eigenvalue weighted by Crippen LogP contribution is -2.45. The minimum atomic E-state index is -0.520. The molecular weight excluding hydrogens is 376 g/mol. The molecule has 6 nitrogen and oxygen atoms in total. The summed E-state index contributed by atoms with van der Waals surface area (Å²) in [6, 6.07) is 6.64. The summed E-state index contributed by atoms with van der Waals surface area (Å²) < 4.78 is 5.71. The molecule has 0 bridgehead atoms. The van der Waals surface area contributed by atoms with Gasteiger partial charge in [-0.3, -0.25) is 14.4 Å². The molecule has 3 fully saturated rings. The van der Waals surface area contributed by atoms with E-state index in [1.807, 2.05) is 18.4 Å². The summed E-state index contributed by atoms with van der Waals surface area (Å²) in [6.45, 7) is 0.575. The molecule has 2 saturated heterocycles. The molecule has 3 aliphatic rings. The first kappa shape index (κ1) is 19.5. The second-order valence-corrected chi connectivity index (χ2v) is 9.00. The minimum absolute atomic E-state index is 0.0248. The Hall–Kier alpha value is -1.86. The van der Waals surface area contributed by atoms with Gasteiger partial charge < -0.3 is 15.4 Å². The Morgan fingerprint density at radius 2 is 1.96 bits per heavy atom. The molecule has 2 heterocycles. The fourth-order valence-corrected chi connectivity index (χ4v) is 5.90. The zero-order chi connectivity index (χ0) is 19.8. The van der Waals surface area contributed by atoms with Gasteiger partial charge in [-0.15, -0.1) is 0 Å². The van der Waals surface area contributed by atoms with Gasteiger partial charge in [-0.25, -0.2) is 0 Å². The predicted molar refractivity (Wildman–Crippen MR) is 107 cm³/mol. The number of likely N-dealkylation sites (tertiary alicyclic amines) is 1. The number of amides is 2. The molecule has 0 radical (unpaired) electrons. The maximum absolute atomic E-state index is 13.8. The van der Waals surface area contributed by atoms with E-state index < -0.39 is 17.9 Å². The van der Waals surface area contributed by atoms with Crippen LogP contribution in [-0.4, -0.2) is 59.3 Å². The number of carbonyl (C=O) groups is 3. The molecule has 2 aliphatic heterocycles. The molecule has 1 aromatic rings. The van der Waals surface area contributed by atoms with Crippen molar-refractivity contribution in [3.63, 3.8) is 0 Å². The highest BCUT2D eigenvalue weighted by Crippen LogP contribution is 2.42. The van der Waals surface area contributed by atoms with E-state index in [-0.39, 0.29) is 35.6 Å². The number of Topliss-reactive ketones (excluding diaryl/α,β-unsaturated/α-hetero) is 1. The summed E-state index contributed by atoms with van der Waals surface area (Å²) in [7, 11) is 0. The number of nitrogens with zero attached hydrogens (tertiary/aromatic N) is 1. The van der Waals surface area contributed by atoms with Crippen LogP contribution in [0.3, 0.4) is 0 Å². The summed E-state index contributed by atoms with van der Waals surface area (Å²) in [5, 5.41) is 0.0935. The third-order valence-corrected chi connectivity index (χ3v) is 7.45. The van der Waals surface area contributed by atoms with E-state index >= 15 is 0 Å². The van der Waals surface area contributed by atoms with Crippen LogP contribution in [0, 0.1) is 5.92 Å². The smallest absolute Gasteiger partial charge is 0.249 e. The van der Waals surface area contributed by atoms with Gasteiger partial charge in [-0.1, -0.05) is 31.0 Å². The second kappa shape index (κ2) is 7.87. The van der Waals surface area contributed by atoms with Gasteiger partial charge in [-0.05, 0) is 36.6 Å². The highest BCUT2D eigenvalue weighted by molar-refractivity contribution is 7.99. The average molecular weight is 403 g/mol. The minimum Gasteiger partial charge on any atom is -0.367 e. The Bertz CT molecular complexity index is 792. The Kier molecular flexibility index (Phi) is 5.47. The topological polar surface area (TPSA) is 89.7 Å². The molecule has 0 unspecified atom stereocenters. The normalized spacial score (nSPS) is 28.5. The number of rotatable bonds is 5. The van der Waals surface area contributed by atoms with Crippen molar-refractivity contribution in [1.29, 1.82) is 0 Å². The molecular formula is C21H26N2O4S. The van der Waals surface area contributed by atoms with Crippen LogP contribution in [0.2, 0.25) is 0 Å². The lowest BCUT2D eigenvalue weighted by Gasteiger charge is -2.31. The summed E-state index contributed by atoms with van der Waals surface area (Å²) >= 11 is 1.63. The van der Waals surface area contributed by atoms with E-state index in [4.69, 9.17) is 10.5 Å². The van der Waals surface area contributed by atoms with Gasteiger partial charge in [0.2, 0.25) is 11.8 Å². The number of hydrogen-bond acceptors (Lipinski definition) is 5. The standard InChI is InChI=1S/C21H26N2O4S/c1-28-16-10-23(18-15(24)11-27-19(16)18)21(26)17(12-6-2-3-7-12)13-8-4-5-9-14(13)20(22)25/h4-5,8-9,12,16-19H,2-3,6-7,10-11H2,1H3,(H2,22,25)/t16-,17-,18+,19+/m0/s1. The molecule has 4 atom stereocenters. The van der Waals surface area contributed by atoms with Gasteiger partial charge in [0.25, 0.3) is 0 Å². The van der Waals surface area contributed by atoms with Gasteiger partial charge in [-0.2, -0.15) is 11.8 Å². The van der Waals surface area contributed by atoms with Gasteiger partial charge in [0.1, 0.15) is 12.6 Å². The molecule has 2 amide bonds. The third kappa shape index (κ3) is 3.24. The fourth-order valence-electron chi connectivity index (χ4n) is 5.10. The Balaban J connectivity index is 1.72. The highest BCUT2D eigenvalue weighted by Gasteiger charge is 2.53. The molecule has 1 aromatic carbocycles. The van der Waals surface area contributed by atoms with E-state index in [2.05, 4.69) is 0 Å². The van der Waals surface area contributed by atoms with Crippen LogP contribution in [0.5, 0.6) is 0 Å². The molecule has 1 aliphatic carbocycles. The lowest BCUT2D eigenvalue weighted by atomic mass is 9.81. The van der Waals surface area contributed by atoms with E-state index in [1.54, 1.807) is 28.8 Å². The molecule has 150 valence electrons. The first-order valence-electron chi connectivity index (χ1n) is 9.89. The number of fused-ring (bicyclic) bond motifs is 1. The van der Waals surface area contributed by atoms with Gasteiger partial charge in [0.05, 0.1) is 17.3 Å². The number of thioether (sulfide) groups is 1. The number of nitrogens with two attached hydrogens (primary N) is 1. The van der Waals surface area contributed by atoms with E-state index in [1.165, 1.54) is 0 Å². The SMILES string of the molecule is CS[C@H]1CN(C(=O)[C@H](c2ccccc2C(N)=O)C2CCCC2)[C@@H]2C(=O)CO[C@H]12. The number of ether oxygens (including phenoxy) is 1. The highest BCUT2D eigenvalue weighted by atomic mass is 32.2. The summed E-state index contributed by atoms with van der Waals surface area (Å²) in [5.41, 5.74) is 6.71. The molecule has 28 heavy (non-hydrogen) atoms. The molecule has 4 rings (SSSR count). The van der Waals surface area contributed by atoms with Crippen molar-refractivity contribution in [3.8, 4) is 0 Å². The van der Waals surface area contributed by atoms with E-state index in [0.717, 1.165) is 25.7 Å². The van der Waals surface area contributed by atoms with Crippen molar-refractivity contribution in [1.82, 2.24) is 4.90 Å². The first-order chi connectivity index (χ1) is 13.5. The van der Waals surface area contributed by atoms with Crippen molar-refractivity contribution in [2.75, 3.05) is 19.4 Å². The second-order valence-electron chi connectivity index (χ2n) is 7.93. The summed E-state index contributed by atoms with van der Waals surface area (Å²) in [6.07, 6.45) is 5.80. The number of hydrogen-bond donors (Lipinski definition) is 1. The molecule has 1 saturated carbocycles. The van der Waals surface area contributed by atoms with Gasteiger partial charge in [0.15, 0.2) is 5.78 Å². The monoisotopic (exact) mass is 402 g/mol. The van der Waals surface area contributed by atoms with Crippen molar-refractivity contribution in [2.45, 2.75) is 49.0 Å². The quantitative estimate of drug-likeness (QED) is 0.813. The van der Waals surface area contributed by atoms with Crippen molar-refractivity contribution in [3.05, 3.63) is 35.4 Å². The number of primary amides is 1. The zero-order valence-corrected chi connectivity index (χ0v) is 16.8. The van der Waals surface area contributed by atoms with Crippen LogP contribution in [0.4, 0.5) is 0 Å². The molecule has 2 N–H and O–H groups in total. The Labute approximate surface area is 169 Å². The van der Waals surface area contributed by atoms with Crippen LogP contribution < -0.4 is 5.73 Å². The van der Waals surface area contributed by atoms with Crippen molar-refractivity contribution >= 4 is 29.4 Å². The van der Waals surface area contributed by atoms with Crippen LogP contribution >= 0.6 is 11.8 Å². The summed E-state index contributed by atoms with van der Waals surface area (Å²) in [5.74, 6) is -0.889. The zero-order valence-electron chi connectivity index (χ0n) is 16.0. The first-order valence-corrected chi connectivity index (χ1v) is 11.2. The van der Waals surface area contributed by atoms with Gasteiger partial charge >= 0.3 is 0 Å². The van der Waals surface area contributed by atoms with E-state index in [0.29, 0.717) is 17.7 Å². The number of benzene rings is 1. The predicted octanol–water partition coefficient (Wildman–Crippen LogP) is 1.97. The van der Waals surface area contributed by atoms with Crippen LogP contribution in [0.1, 0.15) is 47.5 Å². The molecule has 7 heteroatoms. The third-order valence-electron chi connectivity index (χ3n) is 6.42. The number of ketones is 1. The summed E-state index contributed by atoms with van der Waals surface area (Å²) in [4.78, 5) is 40.1. The molecule has 0 spiro atoms. The molecule has 0 aromatic heterocycles. The number of carbonyl (C=O) groups excluding carboxylic acids is 3. The van der Waals surface area contributed by atoms with Crippen LogP contribution in [0.15, 0.2) is 24.3 Å². The van der Waals surface area contributed by atoms with Gasteiger partial charge in [0, 0.05) is 12.1 Å². The Morgan fingerprint density at radius 3 is 2.64 bits per heavy atom. The fraction of sp³-hybridized carbons (Fsp3) is 0.571. The average Bonchev–Trinajstić information content (AvgIpc) is 3.41. The van der Waals surface area contributed by atoms with Crippen LogP contribution in [-0.2, 0) is 14.3 Å². The van der Waals surface area contributed by atoms with E-state index in [9.17, 15) is 14.4 Å². The largest absolute Gasteiger partial charge is 0.367 e. The Morgan fingerprint density at radius 1 is 1.25 bits per heavy atom. The van der Waals surface area contributed by atoms with Crippen molar-refractivity contribution in [2.24, 2.45) is 11.7 Å². The van der Waals surface area contributed by atoms with Crippen LogP contribution in [0.25, 0.3) is 0 Å². The maximum Gasteiger partial charge on any atom is 0.249 e. The maximum atomic E-state index is 13.8.